The highest BCUT2D eigenvalue weighted by atomic mass is 32.2. The molecule has 4 rings (SSSR count). The zero-order valence-electron chi connectivity index (χ0n) is 14.9. The first-order valence-electron chi connectivity index (χ1n) is 8.80. The molecular weight excluding hydrogens is 358 g/mol. The minimum Gasteiger partial charge on any atom is -0.325 e. The van der Waals surface area contributed by atoms with Crippen LogP contribution < -0.4 is 5.32 Å². The Labute approximate surface area is 158 Å². The van der Waals surface area contributed by atoms with E-state index in [1.807, 2.05) is 54.6 Å². The maximum atomic E-state index is 13.4. The average Bonchev–Trinajstić information content (AvgIpc) is 2.67. The number of fused-ring (bicyclic) bond motifs is 2. The molecule has 0 bridgehead atoms. The lowest BCUT2D eigenvalue weighted by Gasteiger charge is -2.23. The standard InChI is InChI=1S/C22H19NO3S/c1-15(24)23-22-20-9-5-4-7-17(20)11-13-21(22)27(25,26)19-12-10-16-6-2-3-8-18(16)14-19/h2-10,12,14H,11,13H2,1H3,(H,23,24). The van der Waals surface area contributed by atoms with Crippen molar-refractivity contribution in [3.8, 4) is 0 Å². The SMILES string of the molecule is CC(=O)NC1=C(S(=O)(=O)c2ccc3ccccc3c2)CCc2ccccc21. The highest BCUT2D eigenvalue weighted by Gasteiger charge is 2.30. The summed E-state index contributed by atoms with van der Waals surface area (Å²) in [6.45, 7) is 1.39. The summed E-state index contributed by atoms with van der Waals surface area (Å²) >= 11 is 0. The lowest BCUT2D eigenvalue weighted by molar-refractivity contribution is -0.117. The van der Waals surface area contributed by atoms with E-state index >= 15 is 0 Å². The second-order valence-electron chi connectivity index (χ2n) is 6.65. The van der Waals surface area contributed by atoms with Crippen LogP contribution in [0, 0.1) is 0 Å². The van der Waals surface area contributed by atoms with Gasteiger partial charge in [-0.15, -0.1) is 0 Å². The largest absolute Gasteiger partial charge is 0.325 e. The zero-order chi connectivity index (χ0) is 19.0. The second kappa shape index (κ2) is 6.67. The van der Waals surface area contributed by atoms with Gasteiger partial charge in [-0.1, -0.05) is 54.6 Å². The van der Waals surface area contributed by atoms with Gasteiger partial charge in [0.2, 0.25) is 15.7 Å². The summed E-state index contributed by atoms with van der Waals surface area (Å²) in [5.41, 5.74) is 2.22. The molecule has 0 saturated heterocycles. The molecule has 1 N–H and O–H groups in total. The fraction of sp³-hybridized carbons (Fsp3) is 0.136. The van der Waals surface area contributed by atoms with Crippen molar-refractivity contribution in [1.29, 1.82) is 0 Å². The van der Waals surface area contributed by atoms with Crippen molar-refractivity contribution in [1.82, 2.24) is 5.32 Å². The zero-order valence-corrected chi connectivity index (χ0v) is 15.7. The number of sulfone groups is 1. The minimum absolute atomic E-state index is 0.249. The summed E-state index contributed by atoms with van der Waals surface area (Å²) < 4.78 is 26.8. The molecule has 0 radical (unpaired) electrons. The molecule has 0 unspecified atom stereocenters. The van der Waals surface area contributed by atoms with Gasteiger partial charge in [0.25, 0.3) is 0 Å². The molecule has 1 aliphatic carbocycles. The van der Waals surface area contributed by atoms with E-state index in [0.29, 0.717) is 18.5 Å². The number of nitrogens with one attached hydrogen (secondary N) is 1. The third-order valence-electron chi connectivity index (χ3n) is 4.84. The van der Waals surface area contributed by atoms with Crippen LogP contribution in [0.5, 0.6) is 0 Å². The van der Waals surface area contributed by atoms with Crippen molar-refractivity contribution < 1.29 is 13.2 Å². The predicted molar refractivity (Wildman–Crippen MR) is 107 cm³/mol. The molecule has 0 heterocycles. The quantitative estimate of drug-likeness (QED) is 0.748. The van der Waals surface area contributed by atoms with Crippen molar-refractivity contribution in [3.63, 3.8) is 0 Å². The highest BCUT2D eigenvalue weighted by molar-refractivity contribution is 7.95. The van der Waals surface area contributed by atoms with Crippen molar-refractivity contribution >= 4 is 32.2 Å². The first-order valence-corrected chi connectivity index (χ1v) is 10.3. The van der Waals surface area contributed by atoms with Crippen molar-refractivity contribution in [2.45, 2.75) is 24.7 Å². The maximum Gasteiger partial charge on any atom is 0.221 e. The number of carbonyl (C=O) groups excluding carboxylic acids is 1. The second-order valence-corrected chi connectivity index (χ2v) is 8.62. The number of rotatable bonds is 3. The van der Waals surface area contributed by atoms with E-state index < -0.39 is 9.84 Å². The van der Waals surface area contributed by atoms with E-state index in [1.54, 1.807) is 12.1 Å². The van der Waals surface area contributed by atoms with Gasteiger partial charge in [0, 0.05) is 12.5 Å². The Morgan fingerprint density at radius 1 is 0.889 bits per heavy atom. The highest BCUT2D eigenvalue weighted by Crippen LogP contribution is 2.36. The Morgan fingerprint density at radius 2 is 1.59 bits per heavy atom. The molecular formula is C22H19NO3S. The van der Waals surface area contributed by atoms with Crippen LogP contribution in [0.1, 0.15) is 24.5 Å². The van der Waals surface area contributed by atoms with Crippen LogP contribution >= 0.6 is 0 Å². The van der Waals surface area contributed by atoms with Gasteiger partial charge in [0.15, 0.2) is 0 Å². The number of amides is 1. The van der Waals surface area contributed by atoms with Crippen LogP contribution in [0.25, 0.3) is 16.5 Å². The summed E-state index contributed by atoms with van der Waals surface area (Å²) in [4.78, 5) is 12.3. The van der Waals surface area contributed by atoms with Gasteiger partial charge >= 0.3 is 0 Å². The van der Waals surface area contributed by atoms with Gasteiger partial charge < -0.3 is 5.32 Å². The first-order chi connectivity index (χ1) is 13.0. The van der Waals surface area contributed by atoms with E-state index in [2.05, 4.69) is 5.32 Å². The van der Waals surface area contributed by atoms with Gasteiger partial charge in [-0.05, 0) is 41.3 Å². The Morgan fingerprint density at radius 3 is 2.37 bits per heavy atom. The third-order valence-corrected chi connectivity index (χ3v) is 6.78. The van der Waals surface area contributed by atoms with E-state index in [9.17, 15) is 13.2 Å². The summed E-state index contributed by atoms with van der Waals surface area (Å²) in [7, 11) is -3.73. The average molecular weight is 377 g/mol. The van der Waals surface area contributed by atoms with E-state index in [0.717, 1.165) is 21.9 Å². The Hall–Kier alpha value is -2.92. The van der Waals surface area contributed by atoms with Crippen LogP contribution in [0.15, 0.2) is 76.5 Å². The molecule has 3 aromatic carbocycles. The molecule has 27 heavy (non-hydrogen) atoms. The minimum atomic E-state index is -3.73. The lowest BCUT2D eigenvalue weighted by atomic mass is 9.94. The monoisotopic (exact) mass is 377 g/mol. The number of allylic oxidation sites excluding steroid dienone is 1. The molecule has 0 aromatic heterocycles. The van der Waals surface area contributed by atoms with E-state index in [4.69, 9.17) is 0 Å². The van der Waals surface area contributed by atoms with E-state index in [-0.39, 0.29) is 15.7 Å². The van der Waals surface area contributed by atoms with Crippen molar-refractivity contribution in [3.05, 3.63) is 82.8 Å². The van der Waals surface area contributed by atoms with Crippen molar-refractivity contribution in [2.75, 3.05) is 0 Å². The first kappa shape index (κ1) is 17.5. The fourth-order valence-corrected chi connectivity index (χ4v) is 5.18. The molecule has 4 nitrogen and oxygen atoms in total. The van der Waals surface area contributed by atoms with E-state index in [1.165, 1.54) is 6.92 Å². The molecule has 5 heteroatoms. The van der Waals surface area contributed by atoms with Gasteiger partial charge in [0.05, 0.1) is 15.5 Å². The summed E-state index contributed by atoms with van der Waals surface area (Å²) in [6.07, 6.45) is 0.989. The van der Waals surface area contributed by atoms with Crippen LogP contribution in [0.4, 0.5) is 0 Å². The predicted octanol–water partition coefficient (Wildman–Crippen LogP) is 4.06. The van der Waals surface area contributed by atoms with Crippen LogP contribution in [-0.4, -0.2) is 14.3 Å². The molecule has 0 spiro atoms. The van der Waals surface area contributed by atoms with Gasteiger partial charge in [0.1, 0.15) is 0 Å². The molecule has 136 valence electrons. The molecule has 1 aliphatic rings. The molecule has 0 fully saturated rings. The Balaban J connectivity index is 1.91. The number of aryl methyl sites for hydroxylation is 1. The molecule has 0 atom stereocenters. The number of benzene rings is 3. The molecule has 1 amide bonds. The number of hydrogen-bond acceptors (Lipinski definition) is 3. The Bertz CT molecular complexity index is 1190. The maximum absolute atomic E-state index is 13.4. The molecule has 0 aliphatic heterocycles. The number of carbonyl (C=O) groups is 1. The van der Waals surface area contributed by atoms with Crippen molar-refractivity contribution in [2.24, 2.45) is 0 Å². The van der Waals surface area contributed by atoms with Crippen LogP contribution in [-0.2, 0) is 21.1 Å². The van der Waals surface area contributed by atoms with Gasteiger partial charge in [-0.2, -0.15) is 0 Å². The normalized spacial score (nSPS) is 14.1. The van der Waals surface area contributed by atoms with Gasteiger partial charge in [-0.3, -0.25) is 4.79 Å². The topological polar surface area (TPSA) is 63.2 Å². The summed E-state index contributed by atoms with van der Waals surface area (Å²) in [5, 5.41) is 4.62. The van der Waals surface area contributed by atoms with Crippen LogP contribution in [0.2, 0.25) is 0 Å². The molecule has 0 saturated carbocycles. The summed E-state index contributed by atoms with van der Waals surface area (Å²) in [5.74, 6) is -0.284. The van der Waals surface area contributed by atoms with Gasteiger partial charge in [-0.25, -0.2) is 8.42 Å². The summed E-state index contributed by atoms with van der Waals surface area (Å²) in [6, 6.07) is 20.4. The molecule has 3 aromatic rings. The third kappa shape index (κ3) is 3.15. The van der Waals surface area contributed by atoms with Crippen LogP contribution in [0.3, 0.4) is 0 Å². The number of hydrogen-bond donors (Lipinski definition) is 1. The smallest absolute Gasteiger partial charge is 0.221 e. The fourth-order valence-electron chi connectivity index (χ4n) is 3.56. The lowest BCUT2D eigenvalue weighted by Crippen LogP contribution is -2.25. The Kier molecular flexibility index (Phi) is 4.32.